The van der Waals surface area contributed by atoms with Gasteiger partial charge in [-0.1, -0.05) is 12.1 Å². The quantitative estimate of drug-likeness (QED) is 0.798. The van der Waals surface area contributed by atoms with Gasteiger partial charge in [0.2, 0.25) is 0 Å². The maximum Gasteiger partial charge on any atom is 0.254 e. The van der Waals surface area contributed by atoms with Crippen LogP contribution in [0.4, 0.5) is 4.39 Å². The largest absolute Gasteiger partial charge is 0.334 e. The van der Waals surface area contributed by atoms with E-state index in [4.69, 9.17) is 0 Å². The summed E-state index contributed by atoms with van der Waals surface area (Å²) in [5.41, 5.74) is 1.03. The summed E-state index contributed by atoms with van der Waals surface area (Å²) in [6, 6.07) is 5.46. The third-order valence-corrected chi connectivity index (χ3v) is 4.73. The van der Waals surface area contributed by atoms with E-state index in [0.29, 0.717) is 17.2 Å². The van der Waals surface area contributed by atoms with Crippen LogP contribution in [0, 0.1) is 12.7 Å². The lowest BCUT2D eigenvalue weighted by atomic mass is 10.1. The predicted octanol–water partition coefficient (Wildman–Crippen LogP) is 2.61. The summed E-state index contributed by atoms with van der Waals surface area (Å²) < 4.78 is 13.7. The highest BCUT2D eigenvalue weighted by atomic mass is 19.1. The van der Waals surface area contributed by atoms with Gasteiger partial charge in [-0.05, 0) is 37.5 Å². The number of fused-ring (bicyclic) bond motifs is 1. The van der Waals surface area contributed by atoms with Crippen LogP contribution in [0.2, 0.25) is 0 Å². The first kappa shape index (κ1) is 14.3. The van der Waals surface area contributed by atoms with Gasteiger partial charge < -0.3 is 4.90 Å². The number of hydrogen-bond donors (Lipinski definition) is 0. The van der Waals surface area contributed by atoms with E-state index >= 15 is 0 Å². The Morgan fingerprint density at radius 2 is 2.14 bits per heavy atom. The molecule has 21 heavy (non-hydrogen) atoms. The molecule has 2 atom stereocenters. The fourth-order valence-electron chi connectivity index (χ4n) is 3.61. The fourth-order valence-corrected chi connectivity index (χ4v) is 3.61. The molecule has 0 aromatic heterocycles. The van der Waals surface area contributed by atoms with E-state index < -0.39 is 0 Å². The third kappa shape index (κ3) is 2.48. The highest BCUT2D eigenvalue weighted by molar-refractivity contribution is 5.94. The van der Waals surface area contributed by atoms with Crippen LogP contribution < -0.4 is 0 Å². The van der Waals surface area contributed by atoms with Gasteiger partial charge in [-0.2, -0.15) is 0 Å². The van der Waals surface area contributed by atoms with Gasteiger partial charge in [0.15, 0.2) is 0 Å². The molecule has 3 nitrogen and oxygen atoms in total. The van der Waals surface area contributed by atoms with Crippen molar-refractivity contribution in [3.63, 3.8) is 0 Å². The summed E-state index contributed by atoms with van der Waals surface area (Å²) in [5, 5.41) is 0. The van der Waals surface area contributed by atoms with Crippen LogP contribution in [0.15, 0.2) is 30.9 Å². The van der Waals surface area contributed by atoms with Crippen LogP contribution in [0.25, 0.3) is 0 Å². The number of amides is 1. The van der Waals surface area contributed by atoms with E-state index in [9.17, 15) is 9.18 Å². The van der Waals surface area contributed by atoms with Crippen molar-refractivity contribution < 1.29 is 9.18 Å². The molecule has 2 saturated heterocycles. The number of carbonyl (C=O) groups excluding carboxylic acids is 1. The Morgan fingerprint density at radius 3 is 2.86 bits per heavy atom. The SMILES string of the molecule is C=CCN1CC[C@H]2[C@H]1CCN2C(=O)c1ccc(C)c(F)c1. The summed E-state index contributed by atoms with van der Waals surface area (Å²) in [6.07, 6.45) is 3.92. The normalized spacial score (nSPS) is 25.1. The number of likely N-dealkylation sites (tertiary alicyclic amines) is 2. The van der Waals surface area contributed by atoms with Gasteiger partial charge >= 0.3 is 0 Å². The van der Waals surface area contributed by atoms with Crippen LogP contribution in [0.1, 0.15) is 28.8 Å². The van der Waals surface area contributed by atoms with E-state index in [1.54, 1.807) is 19.1 Å². The van der Waals surface area contributed by atoms with E-state index in [1.807, 2.05) is 11.0 Å². The molecule has 1 aromatic rings. The lowest BCUT2D eigenvalue weighted by Gasteiger charge is -2.25. The van der Waals surface area contributed by atoms with Crippen molar-refractivity contribution in [3.05, 3.63) is 47.8 Å². The molecule has 2 aliphatic heterocycles. The van der Waals surface area contributed by atoms with Crippen molar-refractivity contribution >= 4 is 5.91 Å². The summed E-state index contributed by atoms with van der Waals surface area (Å²) in [5.74, 6) is -0.349. The monoisotopic (exact) mass is 288 g/mol. The second-order valence-electron chi connectivity index (χ2n) is 5.96. The summed E-state index contributed by atoms with van der Waals surface area (Å²) in [4.78, 5) is 17.0. The van der Waals surface area contributed by atoms with E-state index in [2.05, 4.69) is 11.5 Å². The number of carbonyl (C=O) groups is 1. The van der Waals surface area contributed by atoms with Crippen molar-refractivity contribution in [3.8, 4) is 0 Å². The maximum absolute atomic E-state index is 13.7. The zero-order valence-electron chi connectivity index (χ0n) is 12.4. The second kappa shape index (κ2) is 5.60. The molecule has 0 aliphatic carbocycles. The molecule has 2 heterocycles. The van der Waals surface area contributed by atoms with Crippen molar-refractivity contribution in [1.29, 1.82) is 0 Å². The Kier molecular flexibility index (Phi) is 3.81. The predicted molar refractivity (Wildman–Crippen MR) is 80.8 cm³/mol. The summed E-state index contributed by atoms with van der Waals surface area (Å²) in [6.45, 7) is 8.15. The molecule has 2 aliphatic rings. The molecule has 0 radical (unpaired) electrons. The maximum atomic E-state index is 13.7. The van der Waals surface area contributed by atoms with Crippen molar-refractivity contribution in [2.75, 3.05) is 19.6 Å². The van der Waals surface area contributed by atoms with Gasteiger partial charge in [0.25, 0.3) is 5.91 Å². The van der Waals surface area contributed by atoms with Gasteiger partial charge in [-0.25, -0.2) is 4.39 Å². The first-order valence-corrected chi connectivity index (χ1v) is 7.54. The molecule has 3 rings (SSSR count). The van der Waals surface area contributed by atoms with Gasteiger partial charge in [-0.15, -0.1) is 6.58 Å². The third-order valence-electron chi connectivity index (χ3n) is 4.73. The highest BCUT2D eigenvalue weighted by Crippen LogP contribution is 2.32. The molecule has 0 spiro atoms. The molecule has 4 heteroatoms. The standard InChI is InChI=1S/C17H21FN2O/c1-3-8-19-9-6-16-15(19)7-10-20(16)17(21)13-5-4-12(2)14(18)11-13/h3-5,11,15-16H,1,6-10H2,2H3/t15-,16+/m1/s1. The lowest BCUT2D eigenvalue weighted by molar-refractivity contribution is 0.0732. The Balaban J connectivity index is 1.77. The molecular weight excluding hydrogens is 267 g/mol. The van der Waals surface area contributed by atoms with Crippen molar-refractivity contribution in [2.24, 2.45) is 0 Å². The van der Waals surface area contributed by atoms with Gasteiger partial charge in [0.1, 0.15) is 5.82 Å². The molecule has 0 bridgehead atoms. The van der Waals surface area contributed by atoms with Crippen LogP contribution in [0.3, 0.4) is 0 Å². The topological polar surface area (TPSA) is 23.6 Å². The second-order valence-corrected chi connectivity index (χ2v) is 5.96. The van der Waals surface area contributed by atoms with Gasteiger partial charge in [0, 0.05) is 37.3 Å². The molecule has 0 saturated carbocycles. The highest BCUT2D eigenvalue weighted by Gasteiger charge is 2.43. The minimum absolute atomic E-state index is 0.0400. The molecule has 112 valence electrons. The molecule has 0 unspecified atom stereocenters. The lowest BCUT2D eigenvalue weighted by Crippen LogP contribution is -2.39. The van der Waals surface area contributed by atoms with E-state index in [-0.39, 0.29) is 17.8 Å². The van der Waals surface area contributed by atoms with Crippen LogP contribution >= 0.6 is 0 Å². The summed E-state index contributed by atoms with van der Waals surface area (Å²) in [7, 11) is 0. The number of nitrogens with zero attached hydrogens (tertiary/aromatic N) is 2. The Labute approximate surface area is 125 Å². The average molecular weight is 288 g/mol. The van der Waals surface area contributed by atoms with E-state index in [0.717, 1.165) is 32.5 Å². The fraction of sp³-hybridized carbons (Fsp3) is 0.471. The minimum atomic E-state index is -0.309. The zero-order valence-corrected chi connectivity index (χ0v) is 12.4. The Hall–Kier alpha value is -1.68. The number of aryl methyl sites for hydroxylation is 1. The number of rotatable bonds is 3. The first-order chi connectivity index (χ1) is 10.1. The molecule has 1 aromatic carbocycles. The smallest absolute Gasteiger partial charge is 0.254 e. The molecule has 1 amide bonds. The van der Waals surface area contributed by atoms with Crippen molar-refractivity contribution in [2.45, 2.75) is 31.8 Å². The minimum Gasteiger partial charge on any atom is -0.334 e. The summed E-state index contributed by atoms with van der Waals surface area (Å²) >= 11 is 0. The molecule has 0 N–H and O–H groups in total. The first-order valence-electron chi connectivity index (χ1n) is 7.54. The number of hydrogen-bond acceptors (Lipinski definition) is 2. The zero-order chi connectivity index (χ0) is 15.0. The van der Waals surface area contributed by atoms with Crippen LogP contribution in [-0.2, 0) is 0 Å². The number of halogens is 1. The number of benzene rings is 1. The molecular formula is C17H21FN2O. The van der Waals surface area contributed by atoms with Gasteiger partial charge in [0.05, 0.1) is 0 Å². The van der Waals surface area contributed by atoms with Gasteiger partial charge in [-0.3, -0.25) is 9.69 Å². The van der Waals surface area contributed by atoms with Crippen LogP contribution in [-0.4, -0.2) is 47.4 Å². The van der Waals surface area contributed by atoms with E-state index in [1.165, 1.54) is 6.07 Å². The van der Waals surface area contributed by atoms with Crippen molar-refractivity contribution in [1.82, 2.24) is 9.80 Å². The molecule has 2 fully saturated rings. The Morgan fingerprint density at radius 1 is 1.38 bits per heavy atom. The Bertz CT molecular complexity index is 572. The average Bonchev–Trinajstić information content (AvgIpc) is 3.04. The van der Waals surface area contributed by atoms with Crippen LogP contribution in [0.5, 0.6) is 0 Å².